The second kappa shape index (κ2) is 10.7. The first-order valence-corrected chi connectivity index (χ1v) is 13.2. The molecule has 6 nitrogen and oxygen atoms in total. The number of rotatable bonds is 5. The molecule has 9 heteroatoms. The second-order valence-electron chi connectivity index (χ2n) is 10.2. The van der Waals surface area contributed by atoms with Crippen molar-refractivity contribution in [1.29, 1.82) is 0 Å². The fourth-order valence-corrected chi connectivity index (χ4v) is 6.39. The number of likely N-dealkylation sites (tertiary alicyclic amines) is 1. The number of hydrazine groups is 1. The van der Waals surface area contributed by atoms with Crippen molar-refractivity contribution in [2.45, 2.75) is 63.7 Å². The van der Waals surface area contributed by atoms with Crippen molar-refractivity contribution in [2.24, 2.45) is 11.8 Å². The van der Waals surface area contributed by atoms with Crippen molar-refractivity contribution < 1.29 is 9.18 Å². The van der Waals surface area contributed by atoms with Crippen molar-refractivity contribution in [3.8, 4) is 0 Å². The largest absolute Gasteiger partial charge is 0.352 e. The van der Waals surface area contributed by atoms with Gasteiger partial charge in [-0.1, -0.05) is 23.2 Å². The summed E-state index contributed by atoms with van der Waals surface area (Å²) in [7, 11) is 0. The predicted molar refractivity (Wildman–Crippen MR) is 135 cm³/mol. The van der Waals surface area contributed by atoms with Crippen LogP contribution in [0.5, 0.6) is 0 Å². The van der Waals surface area contributed by atoms with Gasteiger partial charge in [-0.15, -0.1) is 0 Å². The van der Waals surface area contributed by atoms with E-state index in [4.69, 9.17) is 23.2 Å². The topological polar surface area (TPSA) is 69.3 Å². The highest BCUT2D eigenvalue weighted by Gasteiger charge is 2.43. The monoisotopic (exact) mass is 519 g/mol. The summed E-state index contributed by atoms with van der Waals surface area (Å²) >= 11 is 12.1. The van der Waals surface area contributed by atoms with Crippen LogP contribution in [0.2, 0.25) is 10.0 Å². The van der Waals surface area contributed by atoms with E-state index in [0.29, 0.717) is 23.5 Å². The number of nitrogens with one attached hydrogen (secondary N) is 3. The highest BCUT2D eigenvalue weighted by atomic mass is 35.5. The minimum atomic E-state index is -0.459. The molecule has 3 heterocycles. The molecule has 1 saturated carbocycles. The Morgan fingerprint density at radius 2 is 2.06 bits per heavy atom. The van der Waals surface area contributed by atoms with E-state index in [0.717, 1.165) is 56.5 Å². The van der Waals surface area contributed by atoms with E-state index < -0.39 is 5.82 Å². The lowest BCUT2D eigenvalue weighted by atomic mass is 9.74. The summed E-state index contributed by atoms with van der Waals surface area (Å²) in [6.07, 6.45) is 6.51. The fraction of sp³-hybridized carbons (Fsp3) is 0.538. The molecule has 1 aliphatic carbocycles. The summed E-state index contributed by atoms with van der Waals surface area (Å²) in [5.41, 5.74) is 9.86. The number of hydrogen-bond donors (Lipinski definition) is 3. The van der Waals surface area contributed by atoms with E-state index in [-0.39, 0.29) is 28.9 Å². The maximum Gasteiger partial charge on any atom is 0.223 e. The summed E-state index contributed by atoms with van der Waals surface area (Å²) in [6.45, 7) is 4.17. The molecule has 3 fully saturated rings. The Balaban J connectivity index is 1.18. The van der Waals surface area contributed by atoms with Crippen LogP contribution in [-0.2, 0) is 11.3 Å². The molecule has 3 aliphatic rings. The van der Waals surface area contributed by atoms with Crippen LogP contribution in [-0.4, -0.2) is 41.0 Å². The van der Waals surface area contributed by atoms with Crippen LogP contribution in [0.1, 0.15) is 55.0 Å². The number of halogens is 3. The molecule has 0 radical (unpaired) electrons. The highest BCUT2D eigenvalue weighted by Crippen LogP contribution is 2.40. The average molecular weight is 520 g/mol. The van der Waals surface area contributed by atoms with Crippen molar-refractivity contribution >= 4 is 29.1 Å². The number of nitrogens with zero attached hydrogens (tertiary/aromatic N) is 2. The van der Waals surface area contributed by atoms with Gasteiger partial charge < -0.3 is 5.32 Å². The van der Waals surface area contributed by atoms with Gasteiger partial charge in [0, 0.05) is 48.0 Å². The van der Waals surface area contributed by atoms with E-state index in [1.807, 2.05) is 13.1 Å². The molecule has 188 valence electrons. The van der Waals surface area contributed by atoms with Gasteiger partial charge in [0.2, 0.25) is 5.91 Å². The molecule has 35 heavy (non-hydrogen) atoms. The van der Waals surface area contributed by atoms with Crippen LogP contribution in [0, 0.1) is 24.6 Å². The van der Waals surface area contributed by atoms with Gasteiger partial charge in [0.05, 0.1) is 11.1 Å². The van der Waals surface area contributed by atoms with Crippen molar-refractivity contribution in [3.63, 3.8) is 0 Å². The van der Waals surface area contributed by atoms with Gasteiger partial charge in [-0.2, -0.15) is 0 Å². The molecule has 2 saturated heterocycles. The summed E-state index contributed by atoms with van der Waals surface area (Å²) in [5, 5.41) is 3.83. The minimum absolute atomic E-state index is 0.0126. The molecule has 1 aromatic carbocycles. The van der Waals surface area contributed by atoms with Gasteiger partial charge in [0.25, 0.3) is 0 Å². The number of carbonyl (C=O) groups excluding carboxylic acids is 1. The van der Waals surface area contributed by atoms with E-state index in [2.05, 4.69) is 38.2 Å². The Bertz CT molecular complexity index is 1090. The van der Waals surface area contributed by atoms with Crippen LogP contribution in [0.4, 0.5) is 4.39 Å². The Morgan fingerprint density at radius 1 is 1.20 bits per heavy atom. The number of aromatic nitrogens is 1. The third-order valence-corrected chi connectivity index (χ3v) is 8.38. The summed E-state index contributed by atoms with van der Waals surface area (Å²) < 4.78 is 13.9. The lowest BCUT2D eigenvalue weighted by molar-refractivity contribution is -0.127. The first kappa shape index (κ1) is 24.9. The number of amides is 1. The number of fused-ring (bicyclic) bond motifs is 1. The highest BCUT2D eigenvalue weighted by molar-refractivity contribution is 6.35. The maximum absolute atomic E-state index is 13.9. The quantitative estimate of drug-likeness (QED) is 0.505. The molecule has 5 atom stereocenters. The molecule has 0 spiro atoms. The van der Waals surface area contributed by atoms with Gasteiger partial charge in [-0.3, -0.25) is 20.1 Å². The number of aryl methyl sites for hydroxylation is 1. The minimum Gasteiger partial charge on any atom is -0.352 e. The lowest BCUT2D eigenvalue weighted by Gasteiger charge is -2.36. The summed E-state index contributed by atoms with van der Waals surface area (Å²) in [6, 6.07) is 7.72. The number of hydrogen-bond acceptors (Lipinski definition) is 5. The van der Waals surface area contributed by atoms with Crippen LogP contribution < -0.4 is 16.2 Å². The van der Waals surface area contributed by atoms with Gasteiger partial charge in [0.15, 0.2) is 0 Å². The van der Waals surface area contributed by atoms with Crippen LogP contribution >= 0.6 is 23.2 Å². The lowest BCUT2D eigenvalue weighted by Crippen LogP contribution is -2.50. The van der Waals surface area contributed by atoms with Crippen molar-refractivity contribution in [3.05, 3.63) is 63.1 Å². The third-order valence-electron chi connectivity index (χ3n) is 7.74. The van der Waals surface area contributed by atoms with Crippen LogP contribution in [0.15, 0.2) is 30.5 Å². The molecule has 1 aromatic heterocycles. The van der Waals surface area contributed by atoms with E-state index in [1.54, 1.807) is 0 Å². The first-order chi connectivity index (χ1) is 16.9. The van der Waals surface area contributed by atoms with E-state index >= 15 is 0 Å². The SMILES string of the molecule is Cc1cc(C2NNC3CCC(C(=O)N[C@@H]4CCCN(Cc5cc(F)c(Cl)cc5Cl)C4)CC32)ccn1. The van der Waals surface area contributed by atoms with Gasteiger partial charge in [-0.25, -0.2) is 9.82 Å². The Morgan fingerprint density at radius 3 is 2.89 bits per heavy atom. The predicted octanol–water partition coefficient (Wildman–Crippen LogP) is 4.55. The smallest absolute Gasteiger partial charge is 0.223 e. The zero-order valence-corrected chi connectivity index (χ0v) is 21.4. The zero-order valence-electron chi connectivity index (χ0n) is 19.9. The summed E-state index contributed by atoms with van der Waals surface area (Å²) in [5.74, 6) is 0.0757. The Kier molecular flexibility index (Phi) is 7.61. The standard InChI is InChI=1S/C26H32Cl2FN5O/c1-15-9-16(6-7-30-15)25-20-10-17(4-5-24(20)32-33-25)26(35)31-19-3-2-8-34(14-19)13-18-11-23(29)22(28)12-21(18)27/h6-7,9,11-12,17,19-20,24-25,32-33H,2-5,8,10,13-14H2,1H3,(H,31,35)/t17?,19-,20?,24?,25?/m1/s1. The van der Waals surface area contributed by atoms with E-state index in [1.165, 1.54) is 17.7 Å². The molecule has 3 N–H and O–H groups in total. The zero-order chi connectivity index (χ0) is 24.5. The molecule has 2 aliphatic heterocycles. The van der Waals surface area contributed by atoms with Crippen molar-refractivity contribution in [1.82, 2.24) is 26.1 Å². The molecule has 0 bridgehead atoms. The molecule has 5 rings (SSSR count). The molecular formula is C26H32Cl2FN5O. The molecule has 2 aromatic rings. The maximum atomic E-state index is 13.9. The number of benzene rings is 1. The molecule has 4 unspecified atom stereocenters. The number of carbonyl (C=O) groups is 1. The van der Waals surface area contributed by atoms with Gasteiger partial charge in [0.1, 0.15) is 5.82 Å². The van der Waals surface area contributed by atoms with E-state index in [9.17, 15) is 9.18 Å². The average Bonchev–Trinajstić information content (AvgIpc) is 3.26. The van der Waals surface area contributed by atoms with Gasteiger partial charge in [-0.05, 0) is 86.9 Å². The normalized spacial score (nSPS) is 29.1. The first-order valence-electron chi connectivity index (χ1n) is 12.5. The Hall–Kier alpha value is -1.77. The fourth-order valence-electron chi connectivity index (χ4n) is 5.95. The van der Waals surface area contributed by atoms with Crippen molar-refractivity contribution in [2.75, 3.05) is 13.1 Å². The number of pyridine rings is 1. The Labute approximate surface area is 215 Å². The van der Waals surface area contributed by atoms with Crippen LogP contribution in [0.25, 0.3) is 0 Å². The number of piperidine rings is 1. The molecule has 1 amide bonds. The van der Waals surface area contributed by atoms with Crippen LogP contribution in [0.3, 0.4) is 0 Å². The second-order valence-corrected chi connectivity index (χ2v) is 11.0. The van der Waals surface area contributed by atoms with Gasteiger partial charge >= 0.3 is 0 Å². The summed E-state index contributed by atoms with van der Waals surface area (Å²) in [4.78, 5) is 19.8. The molecular weight excluding hydrogens is 488 g/mol. The third kappa shape index (κ3) is 5.65.